The molecule has 0 spiro atoms. The molecule has 92 valence electrons. The van der Waals surface area contributed by atoms with E-state index in [1.165, 1.54) is 12.8 Å². The van der Waals surface area contributed by atoms with Crippen molar-refractivity contribution in [1.29, 1.82) is 0 Å². The zero-order chi connectivity index (χ0) is 12.3. The topological polar surface area (TPSA) is 74.7 Å². The molecule has 1 saturated heterocycles. The Morgan fingerprint density at radius 1 is 1.65 bits per heavy atom. The molecule has 0 aliphatic carbocycles. The van der Waals surface area contributed by atoms with Crippen LogP contribution < -0.4 is 10.6 Å². The van der Waals surface area contributed by atoms with Gasteiger partial charge in [-0.3, -0.25) is 4.98 Å². The number of nitrogens with two attached hydrogens (primary N) is 1. The third-order valence-electron chi connectivity index (χ3n) is 3.35. The molecule has 3 N–H and O–H groups in total. The Labute approximate surface area is 101 Å². The Hall–Kier alpha value is -1.78. The van der Waals surface area contributed by atoms with E-state index in [1.807, 2.05) is 6.07 Å². The highest BCUT2D eigenvalue weighted by molar-refractivity contribution is 5.95. The van der Waals surface area contributed by atoms with Crippen LogP contribution in [0.2, 0.25) is 0 Å². The summed E-state index contributed by atoms with van der Waals surface area (Å²) in [5.74, 6) is 0.836. The minimum atomic E-state index is 0.0457. The molecule has 0 bridgehead atoms. The van der Waals surface area contributed by atoms with E-state index in [2.05, 4.69) is 22.0 Å². The largest absolute Gasteiger partial charge is 0.409 e. The van der Waals surface area contributed by atoms with Crippen molar-refractivity contribution >= 4 is 11.5 Å². The second-order valence-corrected chi connectivity index (χ2v) is 4.40. The monoisotopic (exact) mass is 234 g/mol. The van der Waals surface area contributed by atoms with Gasteiger partial charge >= 0.3 is 0 Å². The van der Waals surface area contributed by atoms with Gasteiger partial charge < -0.3 is 15.8 Å². The quantitative estimate of drug-likeness (QED) is 0.359. The van der Waals surface area contributed by atoms with Crippen LogP contribution in [0.25, 0.3) is 0 Å². The number of nitrogens with zero attached hydrogens (tertiary/aromatic N) is 3. The molecule has 2 heterocycles. The minimum absolute atomic E-state index is 0.0457. The first-order valence-electron chi connectivity index (χ1n) is 5.93. The van der Waals surface area contributed by atoms with Gasteiger partial charge in [0.15, 0.2) is 5.84 Å². The summed E-state index contributed by atoms with van der Waals surface area (Å²) in [5, 5.41) is 11.5. The number of aromatic nitrogens is 1. The van der Waals surface area contributed by atoms with E-state index in [1.54, 1.807) is 12.3 Å². The molecule has 5 nitrogen and oxygen atoms in total. The Morgan fingerprint density at radius 2 is 2.47 bits per heavy atom. The van der Waals surface area contributed by atoms with Crippen molar-refractivity contribution in [1.82, 2.24) is 4.98 Å². The van der Waals surface area contributed by atoms with E-state index in [-0.39, 0.29) is 5.84 Å². The average molecular weight is 234 g/mol. The van der Waals surface area contributed by atoms with E-state index in [9.17, 15) is 0 Å². The number of oxime groups is 1. The first kappa shape index (κ1) is 11.7. The van der Waals surface area contributed by atoms with E-state index < -0.39 is 0 Å². The van der Waals surface area contributed by atoms with Crippen LogP contribution in [0.4, 0.5) is 5.69 Å². The lowest BCUT2D eigenvalue weighted by atomic mass is 10.1. The first-order chi connectivity index (χ1) is 8.24. The summed E-state index contributed by atoms with van der Waals surface area (Å²) in [6.45, 7) is 4.41. The zero-order valence-corrected chi connectivity index (χ0v) is 10.0. The molecule has 0 amide bonds. The minimum Gasteiger partial charge on any atom is -0.409 e. The zero-order valence-electron chi connectivity index (χ0n) is 10.0. The maximum atomic E-state index is 8.55. The van der Waals surface area contributed by atoms with E-state index in [0.717, 1.165) is 24.7 Å². The second-order valence-electron chi connectivity index (χ2n) is 4.40. The number of anilines is 1. The van der Waals surface area contributed by atoms with E-state index in [4.69, 9.17) is 10.9 Å². The second kappa shape index (κ2) is 5.03. The maximum absolute atomic E-state index is 8.55. The molecule has 1 fully saturated rings. The molecule has 0 aromatic carbocycles. The lowest BCUT2D eigenvalue weighted by molar-refractivity contribution is 0.318. The Morgan fingerprint density at radius 3 is 3.00 bits per heavy atom. The summed E-state index contributed by atoms with van der Waals surface area (Å²) in [6.07, 6.45) is 4.26. The summed E-state index contributed by atoms with van der Waals surface area (Å²) in [5.41, 5.74) is 7.07. The van der Waals surface area contributed by atoms with Crippen LogP contribution in [0.1, 0.15) is 25.5 Å². The normalized spacial score (nSPS) is 20.9. The Balaban J connectivity index is 2.08. The van der Waals surface area contributed by atoms with Crippen LogP contribution >= 0.6 is 0 Å². The maximum Gasteiger partial charge on any atom is 0.188 e. The van der Waals surface area contributed by atoms with Crippen molar-refractivity contribution in [2.75, 3.05) is 18.0 Å². The fourth-order valence-electron chi connectivity index (χ4n) is 2.18. The molecule has 5 heteroatoms. The summed E-state index contributed by atoms with van der Waals surface area (Å²) < 4.78 is 0. The predicted molar refractivity (Wildman–Crippen MR) is 67.4 cm³/mol. The highest BCUT2D eigenvalue weighted by atomic mass is 16.4. The van der Waals surface area contributed by atoms with Crippen LogP contribution in [0.15, 0.2) is 23.5 Å². The molecule has 1 aliphatic heterocycles. The van der Waals surface area contributed by atoms with Crippen LogP contribution in [-0.2, 0) is 0 Å². The summed E-state index contributed by atoms with van der Waals surface area (Å²) >= 11 is 0. The fraction of sp³-hybridized carbons (Fsp3) is 0.500. The molecule has 0 saturated carbocycles. The molecule has 17 heavy (non-hydrogen) atoms. The van der Waals surface area contributed by atoms with Crippen molar-refractivity contribution in [2.45, 2.75) is 19.8 Å². The van der Waals surface area contributed by atoms with Crippen molar-refractivity contribution in [3.05, 3.63) is 24.0 Å². The van der Waals surface area contributed by atoms with Crippen molar-refractivity contribution in [3.8, 4) is 0 Å². The van der Waals surface area contributed by atoms with Gasteiger partial charge in [-0.25, -0.2) is 0 Å². The molecule has 2 rings (SSSR count). The van der Waals surface area contributed by atoms with E-state index >= 15 is 0 Å². The number of rotatable bonds is 3. The highest BCUT2D eigenvalue weighted by Gasteiger charge is 2.21. The standard InChI is InChI=1S/C12H18N4O/c1-2-9-5-6-16(8-9)10-3-4-11(14-7-10)12(13)15-17/h3-4,7,9,17H,2,5-6,8H2,1H3,(H2,13,15). The number of pyridine rings is 1. The lowest BCUT2D eigenvalue weighted by Crippen LogP contribution is -2.20. The number of hydrogen-bond donors (Lipinski definition) is 2. The summed E-state index contributed by atoms with van der Waals surface area (Å²) in [7, 11) is 0. The molecule has 0 radical (unpaired) electrons. The van der Waals surface area contributed by atoms with Gasteiger partial charge in [0.2, 0.25) is 0 Å². The van der Waals surface area contributed by atoms with Crippen molar-refractivity contribution in [2.24, 2.45) is 16.8 Å². The van der Waals surface area contributed by atoms with Gasteiger partial charge in [-0.2, -0.15) is 0 Å². The molecular formula is C12H18N4O. The Bertz CT molecular complexity index is 401. The van der Waals surface area contributed by atoms with Gasteiger partial charge in [-0.05, 0) is 24.5 Å². The van der Waals surface area contributed by atoms with Gasteiger partial charge in [0.1, 0.15) is 5.69 Å². The lowest BCUT2D eigenvalue weighted by Gasteiger charge is -2.18. The Kier molecular flexibility index (Phi) is 3.46. The van der Waals surface area contributed by atoms with Crippen LogP contribution in [0, 0.1) is 5.92 Å². The smallest absolute Gasteiger partial charge is 0.188 e. The molecule has 1 aromatic rings. The average Bonchev–Trinajstić information content (AvgIpc) is 2.87. The summed E-state index contributed by atoms with van der Waals surface area (Å²) in [6, 6.07) is 3.75. The number of amidine groups is 1. The molecule has 1 atom stereocenters. The highest BCUT2D eigenvalue weighted by Crippen LogP contribution is 2.24. The molecule has 1 aliphatic rings. The van der Waals surface area contributed by atoms with Crippen LogP contribution in [0.5, 0.6) is 0 Å². The van der Waals surface area contributed by atoms with Gasteiger partial charge in [-0.15, -0.1) is 0 Å². The predicted octanol–water partition coefficient (Wildman–Crippen LogP) is 1.41. The molecule has 1 unspecified atom stereocenters. The van der Waals surface area contributed by atoms with Gasteiger partial charge in [-0.1, -0.05) is 18.5 Å². The van der Waals surface area contributed by atoms with Crippen LogP contribution in [-0.4, -0.2) is 29.1 Å². The van der Waals surface area contributed by atoms with Gasteiger partial charge in [0.05, 0.1) is 11.9 Å². The number of hydrogen-bond acceptors (Lipinski definition) is 4. The van der Waals surface area contributed by atoms with Crippen molar-refractivity contribution < 1.29 is 5.21 Å². The third-order valence-corrected chi connectivity index (χ3v) is 3.35. The van der Waals surface area contributed by atoms with Gasteiger partial charge in [0, 0.05) is 13.1 Å². The SMILES string of the molecule is CCC1CCN(c2ccc(/C(N)=N/O)nc2)C1. The van der Waals surface area contributed by atoms with Crippen molar-refractivity contribution in [3.63, 3.8) is 0 Å². The fourth-order valence-corrected chi connectivity index (χ4v) is 2.18. The molecular weight excluding hydrogens is 216 g/mol. The summed E-state index contributed by atoms with van der Waals surface area (Å²) in [4.78, 5) is 6.52. The molecule has 1 aromatic heterocycles. The third kappa shape index (κ3) is 2.49. The first-order valence-corrected chi connectivity index (χ1v) is 5.93. The van der Waals surface area contributed by atoms with E-state index in [0.29, 0.717) is 5.69 Å². The van der Waals surface area contributed by atoms with Crippen LogP contribution in [0.3, 0.4) is 0 Å². The van der Waals surface area contributed by atoms with Gasteiger partial charge in [0.25, 0.3) is 0 Å².